The molecule has 0 radical (unpaired) electrons. The third-order valence-electron chi connectivity index (χ3n) is 4.70. The molecule has 2 aromatic rings. The van der Waals surface area contributed by atoms with Crippen LogP contribution < -0.4 is 11.1 Å². The summed E-state index contributed by atoms with van der Waals surface area (Å²) in [6.07, 6.45) is 0. The van der Waals surface area contributed by atoms with Crippen LogP contribution in [0.5, 0.6) is 0 Å². The molecule has 0 aliphatic carbocycles. The minimum Gasteiger partial charge on any atom is -0.393 e. The number of nitrogens with two attached hydrogens (primary N) is 1. The van der Waals surface area contributed by atoms with Crippen molar-refractivity contribution < 1.29 is 23.3 Å². The number of rotatable bonds is 5. The van der Waals surface area contributed by atoms with Crippen molar-refractivity contribution in [2.24, 2.45) is 0 Å². The van der Waals surface area contributed by atoms with E-state index in [-0.39, 0.29) is 36.8 Å². The molecule has 1 aliphatic rings. The average molecular weight is 419 g/mol. The molecule has 30 heavy (non-hydrogen) atoms. The van der Waals surface area contributed by atoms with Crippen LogP contribution in [0.2, 0.25) is 0 Å². The van der Waals surface area contributed by atoms with Crippen molar-refractivity contribution in [3.05, 3.63) is 63.7 Å². The Bertz CT molecular complexity index is 976. The SMILES string of the molecule is Nc1c(C(=O)N2CCN(CC(=O)Nc3ccc(F)cc3)CC2)cc(F)cc1[N+](=O)[O-]. The number of hydrogen-bond acceptors (Lipinski definition) is 6. The first-order valence-electron chi connectivity index (χ1n) is 9.05. The van der Waals surface area contributed by atoms with E-state index in [0.29, 0.717) is 24.8 Å². The highest BCUT2D eigenvalue weighted by Gasteiger charge is 2.28. The van der Waals surface area contributed by atoms with Gasteiger partial charge in [0.05, 0.1) is 23.1 Å². The lowest BCUT2D eigenvalue weighted by Gasteiger charge is -2.34. The van der Waals surface area contributed by atoms with Gasteiger partial charge < -0.3 is 16.0 Å². The highest BCUT2D eigenvalue weighted by atomic mass is 19.1. The number of halogens is 2. The van der Waals surface area contributed by atoms with E-state index in [9.17, 15) is 28.5 Å². The topological polar surface area (TPSA) is 122 Å². The summed E-state index contributed by atoms with van der Waals surface area (Å²) in [6.45, 7) is 1.31. The molecule has 0 spiro atoms. The molecule has 1 aliphatic heterocycles. The van der Waals surface area contributed by atoms with Gasteiger partial charge in [0, 0.05) is 31.9 Å². The molecule has 0 bridgehead atoms. The van der Waals surface area contributed by atoms with Crippen molar-refractivity contribution in [3.8, 4) is 0 Å². The fourth-order valence-electron chi connectivity index (χ4n) is 3.15. The zero-order valence-electron chi connectivity index (χ0n) is 15.8. The number of nitrogen functional groups attached to an aromatic ring is 1. The Morgan fingerprint density at radius 3 is 2.30 bits per heavy atom. The zero-order valence-corrected chi connectivity index (χ0v) is 15.8. The molecule has 158 valence electrons. The number of nitrogens with zero attached hydrogens (tertiary/aromatic N) is 3. The molecule has 2 aromatic carbocycles. The van der Waals surface area contributed by atoms with E-state index < -0.39 is 28.2 Å². The number of piperazine rings is 1. The van der Waals surface area contributed by atoms with Crippen LogP contribution >= 0.6 is 0 Å². The first-order chi connectivity index (χ1) is 14.2. The molecule has 0 aromatic heterocycles. The summed E-state index contributed by atoms with van der Waals surface area (Å²) < 4.78 is 26.6. The van der Waals surface area contributed by atoms with E-state index in [1.165, 1.54) is 29.2 Å². The van der Waals surface area contributed by atoms with Crippen LogP contribution in [0.15, 0.2) is 36.4 Å². The Kier molecular flexibility index (Phi) is 6.21. The first kappa shape index (κ1) is 21.1. The van der Waals surface area contributed by atoms with Gasteiger partial charge >= 0.3 is 0 Å². The normalized spacial score (nSPS) is 14.4. The van der Waals surface area contributed by atoms with Gasteiger partial charge in [0.15, 0.2) is 0 Å². The zero-order chi connectivity index (χ0) is 21.8. The van der Waals surface area contributed by atoms with Crippen molar-refractivity contribution >= 4 is 28.9 Å². The van der Waals surface area contributed by atoms with Gasteiger partial charge in [0.2, 0.25) is 5.91 Å². The fraction of sp³-hybridized carbons (Fsp3) is 0.263. The lowest BCUT2D eigenvalue weighted by molar-refractivity contribution is -0.384. The lowest BCUT2D eigenvalue weighted by atomic mass is 10.1. The maximum absolute atomic E-state index is 13.7. The quantitative estimate of drug-likeness (QED) is 0.433. The van der Waals surface area contributed by atoms with Crippen LogP contribution in [0.4, 0.5) is 25.8 Å². The molecular formula is C19H19F2N5O4. The highest BCUT2D eigenvalue weighted by Crippen LogP contribution is 2.28. The van der Waals surface area contributed by atoms with Crippen LogP contribution in [0.1, 0.15) is 10.4 Å². The number of anilines is 2. The molecular weight excluding hydrogens is 400 g/mol. The largest absolute Gasteiger partial charge is 0.393 e. The molecule has 11 heteroatoms. The van der Waals surface area contributed by atoms with E-state index in [1.54, 1.807) is 0 Å². The van der Waals surface area contributed by atoms with E-state index >= 15 is 0 Å². The lowest BCUT2D eigenvalue weighted by Crippen LogP contribution is -2.50. The molecule has 2 amide bonds. The molecule has 0 saturated carbocycles. The predicted octanol–water partition coefficient (Wildman–Crippen LogP) is 1.85. The highest BCUT2D eigenvalue weighted by molar-refractivity contribution is 6.01. The number of carbonyl (C=O) groups excluding carboxylic acids is 2. The van der Waals surface area contributed by atoms with Crippen LogP contribution in [-0.2, 0) is 4.79 Å². The van der Waals surface area contributed by atoms with E-state index in [0.717, 1.165) is 6.07 Å². The Morgan fingerprint density at radius 2 is 1.70 bits per heavy atom. The van der Waals surface area contributed by atoms with Gasteiger partial charge in [0.1, 0.15) is 17.3 Å². The van der Waals surface area contributed by atoms with Crippen LogP contribution in [0, 0.1) is 21.7 Å². The molecule has 0 atom stereocenters. The van der Waals surface area contributed by atoms with E-state index in [2.05, 4.69) is 5.32 Å². The predicted molar refractivity (Wildman–Crippen MR) is 105 cm³/mol. The number of nitro benzene ring substituents is 1. The van der Waals surface area contributed by atoms with Gasteiger partial charge in [0.25, 0.3) is 11.6 Å². The van der Waals surface area contributed by atoms with Gasteiger partial charge in [-0.25, -0.2) is 8.78 Å². The van der Waals surface area contributed by atoms with Gasteiger partial charge in [-0.2, -0.15) is 0 Å². The molecule has 3 rings (SSSR count). The second kappa shape index (κ2) is 8.82. The molecule has 3 N–H and O–H groups in total. The van der Waals surface area contributed by atoms with Gasteiger partial charge in [-0.05, 0) is 30.3 Å². The van der Waals surface area contributed by atoms with Crippen molar-refractivity contribution in [2.45, 2.75) is 0 Å². The summed E-state index contributed by atoms with van der Waals surface area (Å²) in [7, 11) is 0. The van der Waals surface area contributed by atoms with Crippen molar-refractivity contribution in [1.82, 2.24) is 9.80 Å². The third-order valence-corrected chi connectivity index (χ3v) is 4.70. The van der Waals surface area contributed by atoms with Crippen LogP contribution in [0.3, 0.4) is 0 Å². The Labute approximate surface area is 170 Å². The molecule has 1 saturated heterocycles. The standard InChI is InChI=1S/C19H19F2N5O4/c20-12-1-3-14(4-2-12)23-17(27)11-24-5-7-25(8-6-24)19(28)15-9-13(21)10-16(18(15)22)26(29)30/h1-4,9-10H,5-8,11,22H2,(H,23,27). The van der Waals surface area contributed by atoms with Gasteiger partial charge in [-0.1, -0.05) is 0 Å². The molecule has 1 fully saturated rings. The Hall–Kier alpha value is -3.60. The van der Waals surface area contributed by atoms with Crippen molar-refractivity contribution in [2.75, 3.05) is 43.8 Å². The van der Waals surface area contributed by atoms with Crippen LogP contribution in [0.25, 0.3) is 0 Å². The van der Waals surface area contributed by atoms with E-state index in [4.69, 9.17) is 5.73 Å². The summed E-state index contributed by atoms with van der Waals surface area (Å²) in [5.74, 6) is -2.22. The third kappa shape index (κ3) is 4.87. The number of amides is 2. The molecule has 0 unspecified atom stereocenters. The summed E-state index contributed by atoms with van der Waals surface area (Å²) in [5.41, 5.74) is 4.86. The fourth-order valence-corrected chi connectivity index (χ4v) is 3.15. The average Bonchev–Trinajstić information content (AvgIpc) is 2.71. The van der Waals surface area contributed by atoms with Crippen molar-refractivity contribution in [3.63, 3.8) is 0 Å². The second-order valence-corrected chi connectivity index (χ2v) is 6.77. The minimum atomic E-state index is -0.921. The summed E-state index contributed by atoms with van der Waals surface area (Å²) in [5, 5.41) is 13.6. The first-order valence-corrected chi connectivity index (χ1v) is 9.05. The molecule has 9 nitrogen and oxygen atoms in total. The van der Waals surface area contributed by atoms with Gasteiger partial charge in [-0.15, -0.1) is 0 Å². The van der Waals surface area contributed by atoms with Gasteiger partial charge in [-0.3, -0.25) is 24.6 Å². The van der Waals surface area contributed by atoms with Crippen molar-refractivity contribution in [1.29, 1.82) is 0 Å². The number of nitro groups is 1. The minimum absolute atomic E-state index is 0.0764. The Morgan fingerprint density at radius 1 is 1.07 bits per heavy atom. The number of carbonyl (C=O) groups is 2. The smallest absolute Gasteiger partial charge is 0.295 e. The van der Waals surface area contributed by atoms with Crippen LogP contribution in [-0.4, -0.2) is 59.3 Å². The summed E-state index contributed by atoms with van der Waals surface area (Å²) in [4.78, 5) is 38.2. The second-order valence-electron chi connectivity index (χ2n) is 6.77. The molecule has 1 heterocycles. The maximum Gasteiger partial charge on any atom is 0.295 e. The maximum atomic E-state index is 13.7. The number of benzene rings is 2. The number of nitrogens with one attached hydrogen (secondary N) is 1. The monoisotopic (exact) mass is 419 g/mol. The number of hydrogen-bond donors (Lipinski definition) is 2. The summed E-state index contributed by atoms with van der Waals surface area (Å²) >= 11 is 0. The Balaban J connectivity index is 1.57. The summed E-state index contributed by atoms with van der Waals surface area (Å²) in [6, 6.07) is 6.93. The van der Waals surface area contributed by atoms with E-state index in [1.807, 2.05) is 4.90 Å².